The maximum atomic E-state index is 5.34. The number of rotatable bonds is 5. The van der Waals surface area contributed by atoms with E-state index in [4.69, 9.17) is 9.47 Å². The highest BCUT2D eigenvalue weighted by Gasteiger charge is 2.18. The lowest BCUT2D eigenvalue weighted by Crippen LogP contribution is -2.19. The Morgan fingerprint density at radius 3 is 2.14 bits per heavy atom. The molecular formula is C17H20BrNO2. The SMILES string of the molecule is CNC(c1ccc(OC)cc1C)c1cc(OC)ccc1Br. The molecule has 0 aromatic heterocycles. The molecule has 21 heavy (non-hydrogen) atoms. The number of hydrogen-bond acceptors (Lipinski definition) is 3. The van der Waals surface area contributed by atoms with Gasteiger partial charge in [-0.05, 0) is 61.0 Å². The second kappa shape index (κ2) is 6.96. The van der Waals surface area contributed by atoms with E-state index in [1.165, 1.54) is 11.1 Å². The van der Waals surface area contributed by atoms with Gasteiger partial charge < -0.3 is 14.8 Å². The first kappa shape index (κ1) is 15.9. The van der Waals surface area contributed by atoms with Crippen LogP contribution in [0.5, 0.6) is 11.5 Å². The fourth-order valence-corrected chi connectivity index (χ4v) is 2.92. The van der Waals surface area contributed by atoms with E-state index in [1.807, 2.05) is 31.3 Å². The molecule has 0 fully saturated rings. The second-order valence-electron chi connectivity index (χ2n) is 4.83. The molecule has 0 aliphatic rings. The van der Waals surface area contributed by atoms with Crippen molar-refractivity contribution in [3.05, 3.63) is 57.6 Å². The van der Waals surface area contributed by atoms with Crippen molar-refractivity contribution in [2.45, 2.75) is 13.0 Å². The molecule has 0 spiro atoms. The molecule has 0 saturated heterocycles. The van der Waals surface area contributed by atoms with Crippen molar-refractivity contribution in [3.63, 3.8) is 0 Å². The second-order valence-corrected chi connectivity index (χ2v) is 5.69. The van der Waals surface area contributed by atoms with Crippen molar-refractivity contribution in [1.29, 1.82) is 0 Å². The largest absolute Gasteiger partial charge is 0.497 e. The van der Waals surface area contributed by atoms with Crippen LogP contribution in [0.2, 0.25) is 0 Å². The first-order valence-corrected chi connectivity index (χ1v) is 7.55. The maximum absolute atomic E-state index is 5.34. The third kappa shape index (κ3) is 3.39. The van der Waals surface area contributed by atoms with E-state index in [-0.39, 0.29) is 6.04 Å². The monoisotopic (exact) mass is 349 g/mol. The zero-order valence-corrected chi connectivity index (χ0v) is 14.3. The molecule has 2 aromatic rings. The Hall–Kier alpha value is -1.52. The molecule has 0 aliphatic carbocycles. The van der Waals surface area contributed by atoms with E-state index in [1.54, 1.807) is 14.2 Å². The Kier molecular flexibility index (Phi) is 5.26. The quantitative estimate of drug-likeness (QED) is 0.881. The van der Waals surface area contributed by atoms with Crippen LogP contribution >= 0.6 is 15.9 Å². The van der Waals surface area contributed by atoms with Gasteiger partial charge in [0.1, 0.15) is 11.5 Å². The Morgan fingerprint density at radius 2 is 1.57 bits per heavy atom. The average molecular weight is 350 g/mol. The molecule has 1 N–H and O–H groups in total. The van der Waals surface area contributed by atoms with Crippen molar-refractivity contribution in [2.75, 3.05) is 21.3 Å². The third-order valence-corrected chi connectivity index (χ3v) is 4.31. The molecule has 2 rings (SSSR count). The molecule has 0 aliphatic heterocycles. The van der Waals surface area contributed by atoms with E-state index >= 15 is 0 Å². The summed E-state index contributed by atoms with van der Waals surface area (Å²) < 4.78 is 11.7. The van der Waals surface area contributed by atoms with E-state index in [0.29, 0.717) is 0 Å². The summed E-state index contributed by atoms with van der Waals surface area (Å²) in [6.45, 7) is 2.09. The fraction of sp³-hybridized carbons (Fsp3) is 0.294. The van der Waals surface area contributed by atoms with Crippen LogP contribution in [0.25, 0.3) is 0 Å². The van der Waals surface area contributed by atoms with Crippen LogP contribution in [0.15, 0.2) is 40.9 Å². The van der Waals surface area contributed by atoms with Crippen LogP contribution in [0.4, 0.5) is 0 Å². The number of hydrogen-bond donors (Lipinski definition) is 1. The highest BCUT2D eigenvalue weighted by Crippen LogP contribution is 2.33. The van der Waals surface area contributed by atoms with Crippen molar-refractivity contribution in [1.82, 2.24) is 5.32 Å². The summed E-state index contributed by atoms with van der Waals surface area (Å²) in [6, 6.07) is 12.2. The van der Waals surface area contributed by atoms with Crippen molar-refractivity contribution >= 4 is 15.9 Å². The van der Waals surface area contributed by atoms with Gasteiger partial charge in [0.15, 0.2) is 0 Å². The van der Waals surface area contributed by atoms with Gasteiger partial charge in [-0.15, -0.1) is 0 Å². The predicted octanol–water partition coefficient (Wildman–Crippen LogP) is 4.08. The first-order valence-electron chi connectivity index (χ1n) is 6.76. The van der Waals surface area contributed by atoms with Crippen LogP contribution in [-0.2, 0) is 0 Å². The summed E-state index contributed by atoms with van der Waals surface area (Å²) >= 11 is 3.63. The van der Waals surface area contributed by atoms with Gasteiger partial charge in [0.25, 0.3) is 0 Å². The minimum atomic E-state index is 0.0837. The first-order chi connectivity index (χ1) is 10.1. The summed E-state index contributed by atoms with van der Waals surface area (Å²) in [5, 5.41) is 3.38. The van der Waals surface area contributed by atoms with Gasteiger partial charge in [0.2, 0.25) is 0 Å². The highest BCUT2D eigenvalue weighted by molar-refractivity contribution is 9.10. The Balaban J connectivity index is 2.49. The Bertz CT molecular complexity index is 628. The predicted molar refractivity (Wildman–Crippen MR) is 89.3 cm³/mol. The van der Waals surface area contributed by atoms with Crippen LogP contribution < -0.4 is 14.8 Å². The van der Waals surface area contributed by atoms with Gasteiger partial charge in [-0.3, -0.25) is 0 Å². The standard InChI is InChI=1S/C17H20BrNO2/c1-11-9-12(20-3)5-7-14(11)17(19-2)15-10-13(21-4)6-8-16(15)18/h5-10,17,19H,1-4H3. The lowest BCUT2D eigenvalue weighted by atomic mass is 9.95. The third-order valence-electron chi connectivity index (χ3n) is 3.59. The van der Waals surface area contributed by atoms with Gasteiger partial charge in [0.05, 0.1) is 20.3 Å². The molecule has 4 heteroatoms. The van der Waals surface area contributed by atoms with Crippen LogP contribution in [0.3, 0.4) is 0 Å². The summed E-state index contributed by atoms with van der Waals surface area (Å²) in [4.78, 5) is 0. The van der Waals surface area contributed by atoms with Crippen LogP contribution in [-0.4, -0.2) is 21.3 Å². The molecule has 1 unspecified atom stereocenters. The fourth-order valence-electron chi connectivity index (χ4n) is 2.45. The normalized spacial score (nSPS) is 12.0. The molecule has 3 nitrogen and oxygen atoms in total. The Labute approximate surface area is 134 Å². The minimum Gasteiger partial charge on any atom is -0.497 e. The van der Waals surface area contributed by atoms with Crippen molar-refractivity contribution < 1.29 is 9.47 Å². The van der Waals surface area contributed by atoms with Gasteiger partial charge >= 0.3 is 0 Å². The lowest BCUT2D eigenvalue weighted by molar-refractivity contribution is 0.413. The molecular weight excluding hydrogens is 330 g/mol. The topological polar surface area (TPSA) is 30.5 Å². The number of ether oxygens (including phenoxy) is 2. The summed E-state index contributed by atoms with van der Waals surface area (Å²) in [5.41, 5.74) is 3.54. The minimum absolute atomic E-state index is 0.0837. The van der Waals surface area contributed by atoms with Gasteiger partial charge in [0, 0.05) is 4.47 Å². The number of nitrogens with one attached hydrogen (secondary N) is 1. The maximum Gasteiger partial charge on any atom is 0.119 e. The van der Waals surface area contributed by atoms with Crippen LogP contribution in [0, 0.1) is 6.92 Å². The Morgan fingerprint density at radius 1 is 0.952 bits per heavy atom. The van der Waals surface area contributed by atoms with E-state index in [9.17, 15) is 0 Å². The van der Waals surface area contributed by atoms with E-state index in [0.717, 1.165) is 21.5 Å². The molecule has 1 atom stereocenters. The molecule has 0 amide bonds. The number of methoxy groups -OCH3 is 2. The van der Waals surface area contributed by atoms with Gasteiger partial charge in [-0.2, -0.15) is 0 Å². The molecule has 0 heterocycles. The zero-order valence-electron chi connectivity index (χ0n) is 12.7. The lowest BCUT2D eigenvalue weighted by Gasteiger charge is -2.21. The summed E-state index contributed by atoms with van der Waals surface area (Å²) in [6.07, 6.45) is 0. The van der Waals surface area contributed by atoms with Gasteiger partial charge in [-0.25, -0.2) is 0 Å². The van der Waals surface area contributed by atoms with Crippen molar-refractivity contribution in [2.24, 2.45) is 0 Å². The van der Waals surface area contributed by atoms with Crippen LogP contribution in [0.1, 0.15) is 22.7 Å². The number of halogens is 1. The average Bonchev–Trinajstić information content (AvgIpc) is 2.51. The molecule has 2 aromatic carbocycles. The highest BCUT2D eigenvalue weighted by atomic mass is 79.9. The molecule has 0 bridgehead atoms. The smallest absolute Gasteiger partial charge is 0.119 e. The molecule has 112 valence electrons. The summed E-state index contributed by atoms with van der Waals surface area (Å²) in [5.74, 6) is 1.72. The molecule has 0 radical (unpaired) electrons. The van der Waals surface area contributed by atoms with Crippen molar-refractivity contribution in [3.8, 4) is 11.5 Å². The summed E-state index contributed by atoms with van der Waals surface area (Å²) in [7, 11) is 5.32. The van der Waals surface area contributed by atoms with E-state index in [2.05, 4.69) is 40.3 Å². The number of benzene rings is 2. The van der Waals surface area contributed by atoms with E-state index < -0.39 is 0 Å². The zero-order chi connectivity index (χ0) is 15.4. The van der Waals surface area contributed by atoms with Gasteiger partial charge in [-0.1, -0.05) is 22.0 Å². The molecule has 0 saturated carbocycles. The number of aryl methyl sites for hydroxylation is 1.